The Morgan fingerprint density at radius 2 is 2.29 bits per heavy atom. The molecule has 5 nitrogen and oxygen atoms in total. The number of nitrogens with zero attached hydrogens (tertiary/aromatic N) is 3. The van der Waals surface area contributed by atoms with Crippen LogP contribution in [-0.2, 0) is 13.0 Å². The van der Waals surface area contributed by atoms with Crippen molar-refractivity contribution in [2.75, 3.05) is 19.7 Å². The minimum absolute atomic E-state index is 0.624. The summed E-state index contributed by atoms with van der Waals surface area (Å²) in [5, 5.41) is 12.7. The predicted octanol–water partition coefficient (Wildman–Crippen LogP) is 2.87. The third-order valence-electron chi connectivity index (χ3n) is 4.76. The third kappa shape index (κ3) is 3.19. The molecule has 0 radical (unpaired) electrons. The Morgan fingerprint density at radius 1 is 1.38 bits per heavy atom. The molecule has 0 amide bonds. The van der Waals surface area contributed by atoms with Crippen molar-refractivity contribution in [3.05, 3.63) is 46.0 Å². The topological polar surface area (TPSA) is 52.0 Å². The minimum atomic E-state index is 0.624. The van der Waals surface area contributed by atoms with Crippen molar-refractivity contribution in [3.63, 3.8) is 0 Å². The summed E-state index contributed by atoms with van der Waals surface area (Å²) in [6.07, 6.45) is 4.37. The van der Waals surface area contributed by atoms with E-state index < -0.39 is 0 Å². The van der Waals surface area contributed by atoms with Gasteiger partial charge in [0, 0.05) is 30.1 Å². The number of hydrogen-bond donors (Lipinski definition) is 1. The number of benzene rings is 1. The molecule has 6 heteroatoms. The Morgan fingerprint density at radius 3 is 3.21 bits per heavy atom. The van der Waals surface area contributed by atoms with Gasteiger partial charge in [-0.1, -0.05) is 11.6 Å². The second kappa shape index (κ2) is 6.57. The number of fused-ring (bicyclic) bond motifs is 2. The SMILES string of the molecule is Cc1nnc2n1C[C@H](CNCC1=Cc3cc(Cl)ccc3OC1)CC2. The molecule has 126 valence electrons. The van der Waals surface area contributed by atoms with Gasteiger partial charge in [-0.05, 0) is 55.7 Å². The molecule has 1 aromatic carbocycles. The van der Waals surface area contributed by atoms with Crippen molar-refractivity contribution in [1.29, 1.82) is 0 Å². The van der Waals surface area contributed by atoms with Crippen molar-refractivity contribution in [3.8, 4) is 5.75 Å². The van der Waals surface area contributed by atoms with Gasteiger partial charge in [-0.25, -0.2) is 0 Å². The number of aromatic nitrogens is 3. The van der Waals surface area contributed by atoms with Crippen LogP contribution in [0, 0.1) is 12.8 Å². The molecule has 0 bridgehead atoms. The van der Waals surface area contributed by atoms with Crippen LogP contribution in [-0.4, -0.2) is 34.5 Å². The number of aryl methyl sites for hydroxylation is 2. The van der Waals surface area contributed by atoms with Crippen LogP contribution in [0.4, 0.5) is 0 Å². The molecule has 0 saturated heterocycles. The molecule has 0 aliphatic carbocycles. The van der Waals surface area contributed by atoms with Gasteiger partial charge in [-0.15, -0.1) is 10.2 Å². The van der Waals surface area contributed by atoms with Gasteiger partial charge in [0.1, 0.15) is 24.0 Å². The molecule has 2 aliphatic heterocycles. The van der Waals surface area contributed by atoms with Crippen LogP contribution in [0.1, 0.15) is 23.6 Å². The van der Waals surface area contributed by atoms with Gasteiger partial charge in [-0.2, -0.15) is 0 Å². The fourth-order valence-electron chi connectivity index (χ4n) is 3.43. The highest BCUT2D eigenvalue weighted by Gasteiger charge is 2.21. The van der Waals surface area contributed by atoms with E-state index in [1.165, 1.54) is 12.0 Å². The molecule has 24 heavy (non-hydrogen) atoms. The van der Waals surface area contributed by atoms with Crippen molar-refractivity contribution in [2.24, 2.45) is 5.92 Å². The standard InChI is InChI=1S/C18H21ClN4O/c1-12-21-22-18-5-2-13(10-23(12)18)8-20-9-14-6-15-7-16(19)3-4-17(15)24-11-14/h3-4,6-7,13,20H,2,5,8-11H2,1H3/t13-/m0/s1. The van der Waals surface area contributed by atoms with E-state index in [1.54, 1.807) is 0 Å². The summed E-state index contributed by atoms with van der Waals surface area (Å²) in [6, 6.07) is 5.74. The first kappa shape index (κ1) is 15.7. The van der Waals surface area contributed by atoms with E-state index in [1.807, 2.05) is 25.1 Å². The second-order valence-electron chi connectivity index (χ2n) is 6.58. The van der Waals surface area contributed by atoms with Gasteiger partial charge >= 0.3 is 0 Å². The first-order valence-electron chi connectivity index (χ1n) is 8.40. The molecular formula is C18H21ClN4O. The van der Waals surface area contributed by atoms with Gasteiger partial charge < -0.3 is 14.6 Å². The van der Waals surface area contributed by atoms with Gasteiger partial charge in [0.2, 0.25) is 0 Å². The van der Waals surface area contributed by atoms with Gasteiger partial charge in [0.05, 0.1) is 0 Å². The van der Waals surface area contributed by atoms with E-state index in [0.29, 0.717) is 12.5 Å². The first-order valence-corrected chi connectivity index (χ1v) is 8.78. The van der Waals surface area contributed by atoms with Crippen LogP contribution in [0.5, 0.6) is 5.75 Å². The van der Waals surface area contributed by atoms with Crippen molar-refractivity contribution in [2.45, 2.75) is 26.3 Å². The van der Waals surface area contributed by atoms with Crippen LogP contribution >= 0.6 is 11.6 Å². The molecule has 3 heterocycles. The maximum atomic E-state index is 6.06. The quantitative estimate of drug-likeness (QED) is 0.926. The number of hydrogen-bond acceptors (Lipinski definition) is 4. The van der Waals surface area contributed by atoms with E-state index in [0.717, 1.165) is 54.0 Å². The lowest BCUT2D eigenvalue weighted by Gasteiger charge is -2.25. The Bertz CT molecular complexity index is 783. The summed E-state index contributed by atoms with van der Waals surface area (Å²) >= 11 is 6.06. The molecule has 2 aromatic rings. The first-order chi connectivity index (χ1) is 11.7. The van der Waals surface area contributed by atoms with Gasteiger partial charge in [-0.3, -0.25) is 0 Å². The lowest BCUT2D eigenvalue weighted by molar-refractivity contribution is 0.330. The molecule has 4 rings (SSSR count). The monoisotopic (exact) mass is 344 g/mol. The summed E-state index contributed by atoms with van der Waals surface area (Å²) < 4.78 is 8.04. The number of nitrogens with one attached hydrogen (secondary N) is 1. The summed E-state index contributed by atoms with van der Waals surface area (Å²) in [5.74, 6) is 3.68. The van der Waals surface area contributed by atoms with E-state index in [2.05, 4.69) is 26.2 Å². The lowest BCUT2D eigenvalue weighted by Crippen LogP contribution is -2.32. The lowest BCUT2D eigenvalue weighted by atomic mass is 9.99. The predicted molar refractivity (Wildman–Crippen MR) is 94.4 cm³/mol. The average Bonchev–Trinajstić information content (AvgIpc) is 2.95. The van der Waals surface area contributed by atoms with E-state index in [4.69, 9.17) is 16.3 Å². The zero-order valence-electron chi connectivity index (χ0n) is 13.8. The molecule has 0 saturated carbocycles. The third-order valence-corrected chi connectivity index (χ3v) is 4.99. The Labute approximate surface area is 146 Å². The Balaban J connectivity index is 1.33. The molecule has 1 aromatic heterocycles. The minimum Gasteiger partial charge on any atom is -0.489 e. The zero-order valence-corrected chi connectivity index (χ0v) is 14.5. The zero-order chi connectivity index (χ0) is 16.5. The smallest absolute Gasteiger partial charge is 0.133 e. The largest absolute Gasteiger partial charge is 0.489 e. The van der Waals surface area contributed by atoms with Crippen LogP contribution in [0.3, 0.4) is 0 Å². The summed E-state index contributed by atoms with van der Waals surface area (Å²) in [5.41, 5.74) is 2.31. The van der Waals surface area contributed by atoms with Crippen molar-refractivity contribution in [1.82, 2.24) is 20.1 Å². The van der Waals surface area contributed by atoms with Crippen molar-refractivity contribution >= 4 is 17.7 Å². The highest BCUT2D eigenvalue weighted by molar-refractivity contribution is 6.30. The fourth-order valence-corrected chi connectivity index (χ4v) is 3.61. The van der Waals surface area contributed by atoms with Crippen LogP contribution in [0.2, 0.25) is 5.02 Å². The van der Waals surface area contributed by atoms with Crippen molar-refractivity contribution < 1.29 is 4.74 Å². The Hall–Kier alpha value is -1.85. The van der Waals surface area contributed by atoms with E-state index in [-0.39, 0.29) is 0 Å². The fraction of sp³-hybridized carbons (Fsp3) is 0.444. The van der Waals surface area contributed by atoms with Gasteiger partial charge in [0.15, 0.2) is 0 Å². The normalized spacial score (nSPS) is 19.2. The van der Waals surface area contributed by atoms with E-state index >= 15 is 0 Å². The van der Waals surface area contributed by atoms with Gasteiger partial charge in [0.25, 0.3) is 0 Å². The number of halogens is 1. The molecule has 1 N–H and O–H groups in total. The molecule has 1 atom stereocenters. The molecular weight excluding hydrogens is 324 g/mol. The summed E-state index contributed by atoms with van der Waals surface area (Å²) in [4.78, 5) is 0. The van der Waals surface area contributed by atoms with Crippen LogP contribution < -0.4 is 10.1 Å². The highest BCUT2D eigenvalue weighted by atomic mass is 35.5. The highest BCUT2D eigenvalue weighted by Crippen LogP contribution is 2.28. The molecule has 0 spiro atoms. The molecule has 0 unspecified atom stereocenters. The molecule has 2 aliphatic rings. The average molecular weight is 345 g/mol. The molecule has 0 fully saturated rings. The Kier molecular flexibility index (Phi) is 4.29. The summed E-state index contributed by atoms with van der Waals surface area (Å²) in [6.45, 7) is 5.52. The summed E-state index contributed by atoms with van der Waals surface area (Å²) in [7, 11) is 0. The number of rotatable bonds is 4. The van der Waals surface area contributed by atoms with E-state index in [9.17, 15) is 0 Å². The van der Waals surface area contributed by atoms with Crippen LogP contribution in [0.25, 0.3) is 6.08 Å². The second-order valence-corrected chi connectivity index (χ2v) is 7.02. The maximum absolute atomic E-state index is 6.06. The maximum Gasteiger partial charge on any atom is 0.133 e. The van der Waals surface area contributed by atoms with Crippen LogP contribution in [0.15, 0.2) is 23.8 Å². The number of ether oxygens (including phenoxy) is 1.